The molecule has 0 N–H and O–H groups in total. The smallest absolute Gasteiger partial charge is 0.333 e. The van der Waals surface area contributed by atoms with E-state index >= 15 is 0 Å². The lowest BCUT2D eigenvalue weighted by Gasteiger charge is -2.53. The highest BCUT2D eigenvalue weighted by Crippen LogP contribution is 2.56. The summed E-state index contributed by atoms with van der Waals surface area (Å²) >= 11 is 0. The molecule has 6 heteroatoms. The minimum absolute atomic E-state index is 0.0555. The summed E-state index contributed by atoms with van der Waals surface area (Å²) in [4.78, 5) is 5.36. The zero-order valence-corrected chi connectivity index (χ0v) is 28.8. The van der Waals surface area contributed by atoms with Gasteiger partial charge in [-0.05, 0) is 99.1 Å². The molecule has 0 unspecified atom stereocenters. The van der Waals surface area contributed by atoms with Crippen molar-refractivity contribution in [3.8, 4) is 33.6 Å². The third kappa shape index (κ3) is 2.45. The molecule has 242 valence electrons. The number of fused-ring (bicyclic) bond motifs is 10. The van der Waals surface area contributed by atoms with Crippen molar-refractivity contribution in [2.75, 3.05) is 9.71 Å². The number of anilines is 5. The predicted octanol–water partition coefficient (Wildman–Crippen LogP) is 8.03. The Morgan fingerprint density at radius 2 is 0.870 bits per heavy atom. The van der Waals surface area contributed by atoms with Gasteiger partial charge in [-0.2, -0.15) is 0 Å². The zero-order valence-electron chi connectivity index (χ0n) is 28.8. The van der Waals surface area contributed by atoms with Crippen LogP contribution in [0, 0.1) is 0 Å². The zero-order chi connectivity index (χ0) is 34.3. The first-order chi connectivity index (χ1) is 26.9. The van der Waals surface area contributed by atoms with E-state index in [9.17, 15) is 0 Å². The lowest BCUT2D eigenvalue weighted by Crippen LogP contribution is -2.71. The van der Waals surface area contributed by atoms with Crippen LogP contribution in [0.3, 0.4) is 0 Å². The van der Waals surface area contributed by atoms with Gasteiger partial charge in [-0.3, -0.25) is 0 Å². The molecule has 0 saturated heterocycles. The molecule has 16 rings (SSSR count). The van der Waals surface area contributed by atoms with Crippen LogP contribution in [0.25, 0.3) is 77.2 Å². The second-order valence-electron chi connectivity index (χ2n) is 15.9. The normalized spacial score (nSPS) is 14.9. The van der Waals surface area contributed by atoms with E-state index in [1.54, 1.807) is 0 Å². The van der Waals surface area contributed by atoms with Crippen LogP contribution >= 0.6 is 0 Å². The maximum Gasteiger partial charge on any atom is 0.333 e. The Bertz CT molecular complexity index is 3330. The van der Waals surface area contributed by atoms with E-state index in [0.717, 1.165) is 0 Å². The van der Waals surface area contributed by atoms with Crippen molar-refractivity contribution in [1.82, 2.24) is 9.13 Å². The number of aromatic nitrogens is 2. The van der Waals surface area contributed by atoms with Gasteiger partial charge in [-0.25, -0.2) is 0 Å². The molecule has 0 radical (unpaired) electrons. The Hall–Kier alpha value is -6.91. The predicted molar refractivity (Wildman–Crippen MR) is 226 cm³/mol. The highest BCUT2D eigenvalue weighted by Gasteiger charge is 2.56. The van der Waals surface area contributed by atoms with Crippen LogP contribution in [-0.2, 0) is 0 Å². The standard InChI is InChI=1S/C48H24B2N4/c1-2-11-25(12-3-1)51-36-19-8-15-28-32-23-30-26-13-4-6-17-34(26)52-38-21-10-22-39-42(38)49-43(45(30)52)47(32)54-48-33(29-16-9-20-37(51)41(29)50(54)40(28)36)24-31-27-14-5-7-18-35(27)53(39)46(31)44(48)49/h1-24H. The Labute approximate surface area is 309 Å². The number of hydrogen-bond acceptors (Lipinski definition) is 2. The van der Waals surface area contributed by atoms with Gasteiger partial charge in [-0.1, -0.05) is 84.9 Å². The molecular weight excluding hydrogens is 654 g/mol. The van der Waals surface area contributed by atoms with Crippen molar-refractivity contribution in [2.24, 2.45) is 0 Å². The summed E-state index contributed by atoms with van der Waals surface area (Å²) in [5.74, 6) is 0. The quantitative estimate of drug-likeness (QED) is 0.164. The van der Waals surface area contributed by atoms with Crippen LogP contribution in [0.5, 0.6) is 0 Å². The van der Waals surface area contributed by atoms with E-state index in [-0.39, 0.29) is 13.6 Å². The average molecular weight is 678 g/mol. The second-order valence-corrected chi connectivity index (χ2v) is 15.9. The molecule has 8 aromatic carbocycles. The molecule has 0 saturated carbocycles. The van der Waals surface area contributed by atoms with Crippen molar-refractivity contribution in [2.45, 2.75) is 0 Å². The molecule has 0 aliphatic carbocycles. The van der Waals surface area contributed by atoms with Gasteiger partial charge in [0.05, 0.1) is 22.1 Å². The monoisotopic (exact) mass is 678 g/mol. The molecular formula is C48H24B2N4. The average Bonchev–Trinajstić information content (AvgIpc) is 3.75. The minimum atomic E-state index is 0.0555. The van der Waals surface area contributed by atoms with Gasteiger partial charge in [0.1, 0.15) is 0 Å². The van der Waals surface area contributed by atoms with Gasteiger partial charge in [0.25, 0.3) is 6.71 Å². The Kier molecular flexibility index (Phi) is 3.93. The maximum absolute atomic E-state index is 2.83. The molecule has 0 fully saturated rings. The van der Waals surface area contributed by atoms with Crippen molar-refractivity contribution in [3.05, 3.63) is 146 Å². The Morgan fingerprint density at radius 3 is 1.44 bits per heavy atom. The van der Waals surface area contributed by atoms with Crippen LogP contribution in [0.15, 0.2) is 146 Å². The molecule has 0 amide bonds. The van der Waals surface area contributed by atoms with E-state index in [1.807, 2.05) is 0 Å². The number of nitrogens with zero attached hydrogens (tertiary/aromatic N) is 4. The number of benzene rings is 8. The summed E-state index contributed by atoms with van der Waals surface area (Å²) in [5.41, 5.74) is 27.1. The largest absolute Gasteiger partial charge is 0.377 e. The minimum Gasteiger partial charge on any atom is -0.377 e. The second kappa shape index (κ2) is 8.17. The first kappa shape index (κ1) is 25.9. The highest BCUT2D eigenvalue weighted by atomic mass is 15.2. The fourth-order valence-electron chi connectivity index (χ4n) is 12.2. The summed E-state index contributed by atoms with van der Waals surface area (Å²) < 4.78 is 5.23. The van der Waals surface area contributed by atoms with Crippen molar-refractivity contribution >= 4 is 113 Å². The Morgan fingerprint density at radius 1 is 0.370 bits per heavy atom. The fraction of sp³-hybridized carbons (Fsp3) is 0. The molecule has 4 nitrogen and oxygen atoms in total. The van der Waals surface area contributed by atoms with Crippen LogP contribution in [0.1, 0.15) is 0 Å². The molecule has 54 heavy (non-hydrogen) atoms. The van der Waals surface area contributed by atoms with Crippen LogP contribution in [-0.4, -0.2) is 22.7 Å². The van der Waals surface area contributed by atoms with E-state index < -0.39 is 0 Å². The van der Waals surface area contributed by atoms with E-state index in [2.05, 4.69) is 164 Å². The van der Waals surface area contributed by atoms with Crippen LogP contribution < -0.4 is 37.0 Å². The lowest BCUT2D eigenvalue weighted by molar-refractivity contribution is 1.14. The van der Waals surface area contributed by atoms with Crippen LogP contribution in [0.4, 0.5) is 28.4 Å². The summed E-state index contributed by atoms with van der Waals surface area (Å²) in [5, 5.41) is 5.34. The van der Waals surface area contributed by atoms with Crippen molar-refractivity contribution in [1.29, 1.82) is 0 Å². The number of para-hydroxylation sites is 3. The summed E-state index contributed by atoms with van der Waals surface area (Å²) in [7, 11) is 0. The van der Waals surface area contributed by atoms with Gasteiger partial charge < -0.3 is 18.8 Å². The summed E-state index contributed by atoms with van der Waals surface area (Å²) in [6.45, 7) is 0.176. The highest BCUT2D eigenvalue weighted by molar-refractivity contribution is 7.06. The first-order valence-electron chi connectivity index (χ1n) is 19.1. The van der Waals surface area contributed by atoms with Gasteiger partial charge in [0.2, 0.25) is 0 Å². The maximum atomic E-state index is 2.83. The fourth-order valence-corrected chi connectivity index (χ4v) is 12.2. The van der Waals surface area contributed by atoms with Crippen LogP contribution in [0.2, 0.25) is 0 Å². The van der Waals surface area contributed by atoms with Crippen molar-refractivity contribution < 1.29 is 0 Å². The van der Waals surface area contributed by atoms with E-state index in [1.165, 1.54) is 133 Å². The third-order valence-electron chi connectivity index (χ3n) is 13.9. The molecule has 8 heterocycles. The number of hydrogen-bond donors (Lipinski definition) is 0. The molecule has 0 bridgehead atoms. The van der Waals surface area contributed by atoms with Gasteiger partial charge in [0.15, 0.2) is 0 Å². The van der Waals surface area contributed by atoms with Gasteiger partial charge >= 0.3 is 6.85 Å². The van der Waals surface area contributed by atoms with Crippen molar-refractivity contribution in [3.63, 3.8) is 0 Å². The topological polar surface area (TPSA) is 16.3 Å². The Balaban J connectivity index is 1.22. The molecule has 6 aliphatic heterocycles. The van der Waals surface area contributed by atoms with E-state index in [4.69, 9.17) is 0 Å². The number of rotatable bonds is 1. The molecule has 0 atom stereocenters. The van der Waals surface area contributed by atoms with Gasteiger partial charge in [0, 0.05) is 72.5 Å². The van der Waals surface area contributed by atoms with E-state index in [0.29, 0.717) is 0 Å². The first-order valence-corrected chi connectivity index (χ1v) is 19.1. The SMILES string of the molecule is c1ccc(N2c3cccc4c3B3c5c(cccc52)-c2cc5c6ccccc6n6c5c5c2N3c2c-4cc3c4ccccc4n4c3c2B5c2c-4cccc2-6)cc1. The summed E-state index contributed by atoms with van der Waals surface area (Å²) in [6.07, 6.45) is 0. The molecule has 2 aromatic heterocycles. The summed E-state index contributed by atoms with van der Waals surface area (Å²) in [6, 6.07) is 55.5. The van der Waals surface area contributed by atoms with Gasteiger partial charge in [-0.15, -0.1) is 0 Å². The molecule has 10 aromatic rings. The third-order valence-corrected chi connectivity index (χ3v) is 13.9. The molecule has 6 aliphatic rings. The molecule has 0 spiro atoms. The lowest BCUT2D eigenvalue weighted by atomic mass is 9.29.